The van der Waals surface area contributed by atoms with Crippen LogP contribution in [0.4, 0.5) is 8.78 Å². The molecule has 1 aromatic rings. The van der Waals surface area contributed by atoms with Crippen molar-refractivity contribution >= 4 is 17.5 Å². The predicted octanol–water partition coefficient (Wildman–Crippen LogP) is 2.70. The Morgan fingerprint density at radius 1 is 1.48 bits per heavy atom. The third kappa shape index (κ3) is 4.82. The van der Waals surface area contributed by atoms with E-state index in [1.807, 2.05) is 0 Å². The SMILES string of the molecule is O=C(NCc1cc(Cl)ccc1OC(F)F)C1CCCCN1. The van der Waals surface area contributed by atoms with Gasteiger partial charge in [0, 0.05) is 17.1 Å². The summed E-state index contributed by atoms with van der Waals surface area (Å²) < 4.78 is 29.1. The molecule has 0 spiro atoms. The number of piperidine rings is 1. The number of carbonyl (C=O) groups excluding carboxylic acids is 1. The summed E-state index contributed by atoms with van der Waals surface area (Å²) in [6, 6.07) is 4.12. The van der Waals surface area contributed by atoms with Gasteiger partial charge >= 0.3 is 6.61 Å². The molecule has 1 atom stereocenters. The summed E-state index contributed by atoms with van der Waals surface area (Å²) in [5, 5.41) is 6.25. The highest BCUT2D eigenvalue weighted by molar-refractivity contribution is 6.30. The summed E-state index contributed by atoms with van der Waals surface area (Å²) in [7, 11) is 0. The lowest BCUT2D eigenvalue weighted by Crippen LogP contribution is -2.46. The number of hydrogen-bond acceptors (Lipinski definition) is 3. The van der Waals surface area contributed by atoms with E-state index in [-0.39, 0.29) is 24.2 Å². The van der Waals surface area contributed by atoms with E-state index in [1.165, 1.54) is 18.2 Å². The third-order valence-corrected chi connectivity index (χ3v) is 3.55. The van der Waals surface area contributed by atoms with Crippen molar-refractivity contribution < 1.29 is 18.3 Å². The third-order valence-electron chi connectivity index (χ3n) is 3.32. The zero-order valence-corrected chi connectivity index (χ0v) is 12.1. The number of nitrogens with one attached hydrogen (secondary N) is 2. The molecule has 21 heavy (non-hydrogen) atoms. The van der Waals surface area contributed by atoms with Gasteiger partial charge in [0.25, 0.3) is 0 Å². The fourth-order valence-electron chi connectivity index (χ4n) is 2.28. The van der Waals surface area contributed by atoms with Gasteiger partial charge in [-0.15, -0.1) is 0 Å². The van der Waals surface area contributed by atoms with Crippen LogP contribution in [0.5, 0.6) is 5.75 Å². The Hall–Kier alpha value is -1.40. The van der Waals surface area contributed by atoms with E-state index in [2.05, 4.69) is 15.4 Å². The Bertz CT molecular complexity index is 494. The molecule has 1 amide bonds. The molecule has 0 aliphatic carbocycles. The summed E-state index contributed by atoms with van der Waals surface area (Å²) in [6.45, 7) is -2.00. The van der Waals surface area contributed by atoms with Gasteiger partial charge < -0.3 is 15.4 Å². The lowest BCUT2D eigenvalue weighted by molar-refractivity contribution is -0.123. The van der Waals surface area contributed by atoms with E-state index in [0.717, 1.165) is 25.8 Å². The molecule has 1 saturated heterocycles. The molecule has 1 heterocycles. The van der Waals surface area contributed by atoms with Crippen molar-refractivity contribution in [1.29, 1.82) is 0 Å². The summed E-state index contributed by atoms with van der Waals surface area (Å²) in [4.78, 5) is 12.0. The van der Waals surface area contributed by atoms with E-state index in [1.54, 1.807) is 0 Å². The minimum atomic E-state index is -2.92. The fourth-order valence-corrected chi connectivity index (χ4v) is 2.47. The Labute approximate surface area is 126 Å². The highest BCUT2D eigenvalue weighted by atomic mass is 35.5. The second kappa shape index (κ2) is 7.56. The molecule has 0 radical (unpaired) electrons. The minimum Gasteiger partial charge on any atom is -0.434 e. The number of amides is 1. The number of hydrogen-bond donors (Lipinski definition) is 2. The van der Waals surface area contributed by atoms with Crippen LogP contribution in [0.1, 0.15) is 24.8 Å². The number of alkyl halides is 2. The van der Waals surface area contributed by atoms with Crippen LogP contribution in [0.15, 0.2) is 18.2 Å². The normalized spacial score (nSPS) is 18.6. The number of ether oxygens (including phenoxy) is 1. The first kappa shape index (κ1) is 16.0. The van der Waals surface area contributed by atoms with E-state index in [9.17, 15) is 13.6 Å². The average Bonchev–Trinajstić information content (AvgIpc) is 2.47. The molecule has 7 heteroatoms. The molecule has 116 valence electrons. The average molecular weight is 319 g/mol. The first-order valence-electron chi connectivity index (χ1n) is 6.80. The van der Waals surface area contributed by atoms with Crippen LogP contribution in [0.3, 0.4) is 0 Å². The van der Waals surface area contributed by atoms with Gasteiger partial charge in [-0.05, 0) is 37.6 Å². The van der Waals surface area contributed by atoms with Crippen LogP contribution in [0, 0.1) is 0 Å². The maximum Gasteiger partial charge on any atom is 0.387 e. The lowest BCUT2D eigenvalue weighted by Gasteiger charge is -2.22. The molecule has 1 fully saturated rings. The molecule has 2 rings (SSSR count). The zero-order valence-electron chi connectivity index (χ0n) is 11.4. The molecule has 1 aliphatic heterocycles. The maximum absolute atomic E-state index is 12.3. The van der Waals surface area contributed by atoms with Gasteiger partial charge in [-0.3, -0.25) is 4.79 Å². The molecule has 0 bridgehead atoms. The van der Waals surface area contributed by atoms with E-state index >= 15 is 0 Å². The second-order valence-electron chi connectivity index (χ2n) is 4.85. The van der Waals surface area contributed by atoms with Crippen LogP contribution in [0.25, 0.3) is 0 Å². The van der Waals surface area contributed by atoms with Gasteiger partial charge in [0.1, 0.15) is 5.75 Å². The van der Waals surface area contributed by atoms with Crippen LogP contribution >= 0.6 is 11.6 Å². The van der Waals surface area contributed by atoms with Gasteiger partial charge in [0.15, 0.2) is 0 Å². The summed E-state index contributed by atoms with van der Waals surface area (Å²) in [6.07, 6.45) is 2.84. The van der Waals surface area contributed by atoms with Crippen molar-refractivity contribution in [2.45, 2.75) is 38.5 Å². The molecule has 1 aliphatic rings. The number of rotatable bonds is 5. The van der Waals surface area contributed by atoms with Gasteiger partial charge in [0.2, 0.25) is 5.91 Å². The van der Waals surface area contributed by atoms with E-state index in [0.29, 0.717) is 10.6 Å². The highest BCUT2D eigenvalue weighted by Gasteiger charge is 2.20. The van der Waals surface area contributed by atoms with Gasteiger partial charge in [-0.2, -0.15) is 8.78 Å². The highest BCUT2D eigenvalue weighted by Crippen LogP contribution is 2.24. The largest absolute Gasteiger partial charge is 0.434 e. The predicted molar refractivity (Wildman–Crippen MR) is 75.6 cm³/mol. The summed E-state index contributed by atoms with van der Waals surface area (Å²) in [5.41, 5.74) is 0.423. The zero-order chi connectivity index (χ0) is 15.2. The van der Waals surface area contributed by atoms with Crippen molar-refractivity contribution in [2.24, 2.45) is 0 Å². The molecular weight excluding hydrogens is 302 g/mol. The van der Waals surface area contributed by atoms with Crippen LogP contribution < -0.4 is 15.4 Å². The van der Waals surface area contributed by atoms with Gasteiger partial charge in [0.05, 0.1) is 6.04 Å². The van der Waals surface area contributed by atoms with Crippen molar-refractivity contribution in [1.82, 2.24) is 10.6 Å². The Morgan fingerprint density at radius 3 is 2.95 bits per heavy atom. The maximum atomic E-state index is 12.3. The van der Waals surface area contributed by atoms with Crippen LogP contribution in [0.2, 0.25) is 5.02 Å². The van der Waals surface area contributed by atoms with E-state index in [4.69, 9.17) is 11.6 Å². The Morgan fingerprint density at radius 2 is 2.29 bits per heavy atom. The van der Waals surface area contributed by atoms with E-state index < -0.39 is 6.61 Å². The first-order valence-corrected chi connectivity index (χ1v) is 7.18. The van der Waals surface area contributed by atoms with Crippen molar-refractivity contribution in [3.63, 3.8) is 0 Å². The molecule has 1 unspecified atom stereocenters. The monoisotopic (exact) mass is 318 g/mol. The molecule has 2 N–H and O–H groups in total. The lowest BCUT2D eigenvalue weighted by atomic mass is 10.0. The van der Waals surface area contributed by atoms with Crippen LogP contribution in [-0.4, -0.2) is 25.1 Å². The molecule has 0 aromatic heterocycles. The Balaban J connectivity index is 1.97. The first-order chi connectivity index (χ1) is 10.1. The molecular formula is C14H17ClF2N2O2. The van der Waals surface area contributed by atoms with Crippen molar-refractivity contribution in [3.8, 4) is 5.75 Å². The fraction of sp³-hybridized carbons (Fsp3) is 0.500. The van der Waals surface area contributed by atoms with Crippen molar-refractivity contribution in [3.05, 3.63) is 28.8 Å². The smallest absolute Gasteiger partial charge is 0.387 e. The number of benzene rings is 1. The standard InChI is InChI=1S/C14H17ClF2N2O2/c15-10-4-5-12(21-14(16)17)9(7-10)8-19-13(20)11-3-1-2-6-18-11/h4-5,7,11,14,18H,1-3,6,8H2,(H,19,20). The molecule has 0 saturated carbocycles. The molecule has 4 nitrogen and oxygen atoms in total. The topological polar surface area (TPSA) is 50.4 Å². The van der Waals surface area contributed by atoms with Gasteiger partial charge in [-0.1, -0.05) is 18.0 Å². The van der Waals surface area contributed by atoms with Crippen LogP contribution in [-0.2, 0) is 11.3 Å². The summed E-state index contributed by atoms with van der Waals surface area (Å²) >= 11 is 5.85. The Kier molecular flexibility index (Phi) is 5.76. The van der Waals surface area contributed by atoms with Gasteiger partial charge in [-0.25, -0.2) is 0 Å². The van der Waals surface area contributed by atoms with Crippen molar-refractivity contribution in [2.75, 3.05) is 6.54 Å². The minimum absolute atomic E-state index is 0.0197. The quantitative estimate of drug-likeness (QED) is 0.877. The summed E-state index contributed by atoms with van der Waals surface area (Å²) in [5.74, 6) is -0.121. The second-order valence-corrected chi connectivity index (χ2v) is 5.29. The number of halogens is 3. The molecule has 1 aromatic carbocycles. The number of carbonyl (C=O) groups is 1.